The Morgan fingerprint density at radius 2 is 2.08 bits per heavy atom. The van der Waals surface area contributed by atoms with Crippen LogP contribution in [0.1, 0.15) is 20.3 Å². The standard InChI is InChI=1S/C5H9NO5S/c1-5(2)3-4(7)6(5)11-12(8,9)10/h3H2,1-2H3,(H,8,9,10). The van der Waals surface area contributed by atoms with E-state index in [0.29, 0.717) is 5.06 Å². The fraction of sp³-hybridized carbons (Fsp3) is 0.800. The predicted molar refractivity (Wildman–Crippen MR) is 38.2 cm³/mol. The van der Waals surface area contributed by atoms with Crippen molar-refractivity contribution < 1.29 is 22.0 Å². The third-order valence-electron chi connectivity index (χ3n) is 1.53. The minimum Gasteiger partial charge on any atom is -0.272 e. The second-order valence-corrected chi connectivity index (χ2v) is 4.18. The number of rotatable bonds is 2. The molecule has 0 radical (unpaired) electrons. The van der Waals surface area contributed by atoms with E-state index < -0.39 is 21.8 Å². The van der Waals surface area contributed by atoms with Crippen molar-refractivity contribution in [2.24, 2.45) is 0 Å². The van der Waals surface area contributed by atoms with Gasteiger partial charge in [0, 0.05) is 0 Å². The van der Waals surface area contributed by atoms with Crippen LogP contribution in [0.4, 0.5) is 0 Å². The Morgan fingerprint density at radius 3 is 2.25 bits per heavy atom. The van der Waals surface area contributed by atoms with E-state index in [0.717, 1.165) is 0 Å². The molecule has 0 saturated carbocycles. The molecule has 1 aliphatic heterocycles. The topological polar surface area (TPSA) is 83.9 Å². The van der Waals surface area contributed by atoms with Crippen LogP contribution in [0.15, 0.2) is 0 Å². The van der Waals surface area contributed by atoms with Crippen LogP contribution in [0.25, 0.3) is 0 Å². The Hall–Kier alpha value is -0.660. The summed E-state index contributed by atoms with van der Waals surface area (Å²) in [5, 5.41) is 0.641. The molecule has 0 aromatic rings. The Labute approximate surface area is 70.0 Å². The molecule has 12 heavy (non-hydrogen) atoms. The first kappa shape index (κ1) is 9.43. The van der Waals surface area contributed by atoms with Crippen molar-refractivity contribution in [2.45, 2.75) is 25.8 Å². The minimum atomic E-state index is -4.58. The smallest absolute Gasteiger partial charge is 0.272 e. The average Bonchev–Trinajstić information content (AvgIpc) is 1.81. The summed E-state index contributed by atoms with van der Waals surface area (Å²) < 4.78 is 32.7. The first-order chi connectivity index (χ1) is 5.22. The lowest BCUT2D eigenvalue weighted by molar-refractivity contribution is -0.208. The van der Waals surface area contributed by atoms with Crippen LogP contribution in [0.2, 0.25) is 0 Å². The largest absolute Gasteiger partial charge is 0.418 e. The zero-order valence-electron chi connectivity index (χ0n) is 6.64. The summed E-state index contributed by atoms with van der Waals surface area (Å²) in [4.78, 5) is 10.7. The highest BCUT2D eigenvalue weighted by atomic mass is 32.3. The lowest BCUT2D eigenvalue weighted by atomic mass is 9.91. The van der Waals surface area contributed by atoms with E-state index >= 15 is 0 Å². The van der Waals surface area contributed by atoms with Crippen LogP contribution < -0.4 is 0 Å². The molecule has 7 heteroatoms. The molecule has 0 bridgehead atoms. The normalized spacial score (nSPS) is 22.2. The summed E-state index contributed by atoms with van der Waals surface area (Å²) in [6.07, 6.45) is 0.211. The predicted octanol–water partition coefficient (Wildman–Crippen LogP) is -0.268. The fourth-order valence-corrected chi connectivity index (χ4v) is 1.47. The Morgan fingerprint density at radius 1 is 1.58 bits per heavy atom. The number of hydrogen-bond donors (Lipinski definition) is 1. The van der Waals surface area contributed by atoms with Crippen molar-refractivity contribution in [3.63, 3.8) is 0 Å². The molecule has 1 heterocycles. The van der Waals surface area contributed by atoms with Gasteiger partial charge in [0.2, 0.25) is 5.91 Å². The number of nitrogens with zero attached hydrogens (tertiary/aromatic N) is 1. The van der Waals surface area contributed by atoms with Gasteiger partial charge >= 0.3 is 10.4 Å². The molecule has 1 saturated heterocycles. The molecule has 0 aromatic carbocycles. The zero-order chi connectivity index (χ0) is 9.57. The molecule has 0 unspecified atom stereocenters. The van der Waals surface area contributed by atoms with Gasteiger partial charge < -0.3 is 0 Å². The SMILES string of the molecule is CC1(C)CC(=O)N1OS(=O)(=O)O. The monoisotopic (exact) mass is 195 g/mol. The molecule has 1 fully saturated rings. The maximum atomic E-state index is 10.7. The molecule has 0 spiro atoms. The minimum absolute atomic E-state index is 0.211. The fourth-order valence-electron chi connectivity index (χ4n) is 0.997. The third-order valence-corrected chi connectivity index (χ3v) is 1.87. The van der Waals surface area contributed by atoms with Gasteiger partial charge in [0.05, 0.1) is 12.0 Å². The number of hydrogen-bond acceptors (Lipinski definition) is 4. The number of hydroxylamine groups is 2. The zero-order valence-corrected chi connectivity index (χ0v) is 7.46. The van der Waals surface area contributed by atoms with Gasteiger partial charge in [-0.25, -0.2) is 0 Å². The molecule has 1 aliphatic rings. The summed E-state index contributed by atoms with van der Waals surface area (Å²) in [6.45, 7) is 3.25. The molecule has 0 atom stereocenters. The Balaban J connectivity index is 2.71. The second kappa shape index (κ2) is 2.41. The second-order valence-electron chi connectivity index (χ2n) is 3.18. The van der Waals surface area contributed by atoms with Gasteiger partial charge in [0.15, 0.2) is 0 Å². The van der Waals surface area contributed by atoms with Crippen molar-refractivity contribution in [3.05, 3.63) is 0 Å². The summed E-state index contributed by atoms with van der Waals surface area (Å²) in [5.41, 5.74) is -0.660. The van der Waals surface area contributed by atoms with Crippen LogP contribution in [0, 0.1) is 0 Å². The molecule has 6 nitrogen and oxygen atoms in total. The van der Waals surface area contributed by atoms with Crippen molar-refractivity contribution >= 4 is 16.3 Å². The molecular formula is C5H9NO5S. The third kappa shape index (κ3) is 1.74. The van der Waals surface area contributed by atoms with Gasteiger partial charge in [0.1, 0.15) is 0 Å². The van der Waals surface area contributed by atoms with Gasteiger partial charge in [-0.3, -0.25) is 9.35 Å². The first-order valence-corrected chi connectivity index (χ1v) is 4.59. The van der Waals surface area contributed by atoms with Crippen LogP contribution in [-0.2, 0) is 19.5 Å². The van der Waals surface area contributed by atoms with E-state index in [1.54, 1.807) is 13.8 Å². The van der Waals surface area contributed by atoms with E-state index in [-0.39, 0.29) is 6.42 Å². The van der Waals surface area contributed by atoms with Gasteiger partial charge in [0.25, 0.3) is 0 Å². The lowest BCUT2D eigenvalue weighted by Gasteiger charge is -2.43. The highest BCUT2D eigenvalue weighted by molar-refractivity contribution is 7.80. The molecule has 0 aliphatic carbocycles. The highest BCUT2D eigenvalue weighted by Gasteiger charge is 2.47. The Bertz CT molecular complexity index is 306. The number of amides is 1. The number of β-lactam (4-membered cyclic amide) rings is 1. The summed E-state index contributed by atoms with van der Waals surface area (Å²) >= 11 is 0. The van der Waals surface area contributed by atoms with Gasteiger partial charge in [-0.1, -0.05) is 0 Å². The molecule has 0 aromatic heterocycles. The molecule has 1 rings (SSSR count). The maximum absolute atomic E-state index is 10.7. The highest BCUT2D eigenvalue weighted by Crippen LogP contribution is 2.31. The molecule has 70 valence electrons. The van der Waals surface area contributed by atoms with Crippen LogP contribution in [-0.4, -0.2) is 29.5 Å². The quantitative estimate of drug-likeness (QED) is 0.484. The number of carbonyl (C=O) groups is 1. The maximum Gasteiger partial charge on any atom is 0.418 e. The van der Waals surface area contributed by atoms with E-state index in [1.165, 1.54) is 0 Å². The van der Waals surface area contributed by atoms with Crippen LogP contribution in [0.3, 0.4) is 0 Å². The molecule has 1 N–H and O–H groups in total. The van der Waals surface area contributed by atoms with E-state index in [1.807, 2.05) is 0 Å². The average molecular weight is 195 g/mol. The summed E-state index contributed by atoms with van der Waals surface area (Å²) in [7, 11) is -4.58. The van der Waals surface area contributed by atoms with Crippen LogP contribution >= 0.6 is 0 Å². The summed E-state index contributed by atoms with van der Waals surface area (Å²) in [6, 6.07) is 0. The Kier molecular flexibility index (Phi) is 1.89. The molecular weight excluding hydrogens is 186 g/mol. The lowest BCUT2D eigenvalue weighted by Crippen LogP contribution is -2.60. The summed E-state index contributed by atoms with van der Waals surface area (Å²) in [5.74, 6) is -0.461. The van der Waals surface area contributed by atoms with Crippen LogP contribution in [0.5, 0.6) is 0 Å². The van der Waals surface area contributed by atoms with Gasteiger partial charge in [-0.2, -0.15) is 13.5 Å². The van der Waals surface area contributed by atoms with Crippen molar-refractivity contribution in [1.82, 2.24) is 5.06 Å². The van der Waals surface area contributed by atoms with Gasteiger partial charge in [-0.05, 0) is 13.8 Å². The first-order valence-electron chi connectivity index (χ1n) is 3.22. The van der Waals surface area contributed by atoms with E-state index in [4.69, 9.17) is 4.55 Å². The van der Waals surface area contributed by atoms with E-state index in [2.05, 4.69) is 4.28 Å². The van der Waals surface area contributed by atoms with Crippen molar-refractivity contribution in [1.29, 1.82) is 0 Å². The molecule has 1 amide bonds. The number of carbonyl (C=O) groups excluding carboxylic acids is 1. The van der Waals surface area contributed by atoms with Crippen molar-refractivity contribution in [2.75, 3.05) is 0 Å². The van der Waals surface area contributed by atoms with Crippen molar-refractivity contribution in [3.8, 4) is 0 Å². The van der Waals surface area contributed by atoms with E-state index in [9.17, 15) is 13.2 Å². The van der Waals surface area contributed by atoms with Gasteiger partial charge in [-0.15, -0.1) is 4.28 Å².